The molecule has 2 aromatic carbocycles. The highest BCUT2D eigenvalue weighted by Gasteiger charge is 2.34. The number of anilines is 2. The molecule has 0 aliphatic carbocycles. The van der Waals surface area contributed by atoms with E-state index in [1.807, 2.05) is 38.1 Å². The van der Waals surface area contributed by atoms with Crippen molar-refractivity contribution >= 4 is 29.3 Å². The lowest BCUT2D eigenvalue weighted by atomic mass is 10.1. The normalized spacial score (nSPS) is 15.1. The van der Waals surface area contributed by atoms with Gasteiger partial charge in [-0.3, -0.25) is 9.59 Å². The average molecular weight is 418 g/mol. The van der Waals surface area contributed by atoms with Gasteiger partial charge in [-0.15, -0.1) is 0 Å². The van der Waals surface area contributed by atoms with E-state index in [0.717, 1.165) is 22.4 Å². The van der Waals surface area contributed by atoms with Crippen LogP contribution in [0.1, 0.15) is 33.9 Å². The quantitative estimate of drug-likeness (QED) is 0.632. The van der Waals surface area contributed by atoms with Crippen LogP contribution in [0.3, 0.4) is 0 Å². The molecule has 31 heavy (non-hydrogen) atoms. The van der Waals surface area contributed by atoms with Crippen molar-refractivity contribution in [3.8, 4) is 11.3 Å². The van der Waals surface area contributed by atoms with Crippen molar-refractivity contribution in [1.29, 1.82) is 0 Å². The fourth-order valence-corrected chi connectivity index (χ4v) is 3.56. The number of aromatic nitrogens is 2. The molecule has 8 heteroatoms. The lowest BCUT2D eigenvalue weighted by Crippen LogP contribution is -2.35. The summed E-state index contributed by atoms with van der Waals surface area (Å²) in [4.78, 5) is 36.9. The molecule has 1 aromatic heterocycles. The van der Waals surface area contributed by atoms with Gasteiger partial charge in [0, 0.05) is 16.8 Å². The molecule has 0 saturated heterocycles. The highest BCUT2D eigenvalue weighted by molar-refractivity contribution is 6.02. The first kappa shape index (κ1) is 20.3. The first-order valence-electron chi connectivity index (χ1n) is 9.82. The number of nitrogens with one attached hydrogen (secondary N) is 2. The Kier molecular flexibility index (Phi) is 5.29. The Hall–Kier alpha value is -3.94. The van der Waals surface area contributed by atoms with Gasteiger partial charge < -0.3 is 15.4 Å². The minimum absolute atomic E-state index is 0.0203. The number of hydrogen-bond acceptors (Lipinski definition) is 5. The summed E-state index contributed by atoms with van der Waals surface area (Å²) in [5.74, 6) is -0.540. The molecule has 1 aliphatic heterocycles. The summed E-state index contributed by atoms with van der Waals surface area (Å²) in [5, 5.41) is 10.3. The van der Waals surface area contributed by atoms with Crippen molar-refractivity contribution in [3.63, 3.8) is 0 Å². The molecule has 0 fully saturated rings. The van der Waals surface area contributed by atoms with Crippen molar-refractivity contribution in [3.05, 3.63) is 65.2 Å². The van der Waals surface area contributed by atoms with Crippen LogP contribution < -0.4 is 10.6 Å². The predicted molar refractivity (Wildman–Crippen MR) is 116 cm³/mol. The lowest BCUT2D eigenvalue weighted by Gasteiger charge is -2.24. The second kappa shape index (κ2) is 8.06. The van der Waals surface area contributed by atoms with E-state index in [2.05, 4.69) is 20.5 Å². The Morgan fingerprint density at radius 3 is 2.42 bits per heavy atom. The Morgan fingerprint density at radius 1 is 1.10 bits per heavy atom. The van der Waals surface area contributed by atoms with Crippen LogP contribution in [-0.2, 0) is 14.3 Å². The van der Waals surface area contributed by atoms with E-state index in [1.165, 1.54) is 7.11 Å². The van der Waals surface area contributed by atoms with Crippen molar-refractivity contribution in [2.24, 2.45) is 0 Å². The zero-order chi connectivity index (χ0) is 22.1. The molecule has 8 nitrogen and oxygen atoms in total. The molecule has 2 heterocycles. The van der Waals surface area contributed by atoms with Gasteiger partial charge in [0.1, 0.15) is 11.9 Å². The van der Waals surface area contributed by atoms with E-state index in [0.29, 0.717) is 17.1 Å². The lowest BCUT2D eigenvalue weighted by molar-refractivity contribution is -0.125. The fourth-order valence-electron chi connectivity index (χ4n) is 3.56. The number of hydrogen-bond donors (Lipinski definition) is 2. The molecule has 3 aromatic rings. The van der Waals surface area contributed by atoms with E-state index in [9.17, 15) is 14.4 Å². The molecule has 0 saturated carbocycles. The van der Waals surface area contributed by atoms with Gasteiger partial charge in [0.2, 0.25) is 11.8 Å². The maximum atomic E-state index is 13.0. The average Bonchev–Trinajstić information content (AvgIpc) is 3.10. The van der Waals surface area contributed by atoms with E-state index in [1.54, 1.807) is 28.9 Å². The predicted octanol–water partition coefficient (Wildman–Crippen LogP) is 3.48. The van der Waals surface area contributed by atoms with Gasteiger partial charge in [-0.1, -0.05) is 29.8 Å². The highest BCUT2D eigenvalue weighted by atomic mass is 16.5. The molecule has 2 N–H and O–H groups in total. The Balaban J connectivity index is 1.62. The summed E-state index contributed by atoms with van der Waals surface area (Å²) in [5.41, 5.74) is 4.46. The topological polar surface area (TPSA) is 102 Å². The van der Waals surface area contributed by atoms with Crippen molar-refractivity contribution in [2.45, 2.75) is 26.3 Å². The summed E-state index contributed by atoms with van der Waals surface area (Å²) in [6, 6.07) is 13.5. The van der Waals surface area contributed by atoms with Crippen LogP contribution >= 0.6 is 0 Å². The highest BCUT2D eigenvalue weighted by Crippen LogP contribution is 2.34. The molecular formula is C23H22N4O4. The molecule has 0 radical (unpaired) electrons. The van der Waals surface area contributed by atoms with Crippen LogP contribution in [0, 0.1) is 13.8 Å². The van der Waals surface area contributed by atoms with Crippen LogP contribution in [0.15, 0.2) is 48.5 Å². The number of benzene rings is 2. The van der Waals surface area contributed by atoms with E-state index in [-0.39, 0.29) is 18.2 Å². The number of ether oxygens (including phenoxy) is 1. The maximum Gasteiger partial charge on any atom is 0.337 e. The van der Waals surface area contributed by atoms with Gasteiger partial charge in [0.25, 0.3) is 0 Å². The molecule has 4 rings (SSSR count). The first-order chi connectivity index (χ1) is 14.9. The fraction of sp³-hybridized carbons (Fsp3) is 0.217. The van der Waals surface area contributed by atoms with Crippen LogP contribution in [0.25, 0.3) is 11.3 Å². The monoisotopic (exact) mass is 418 g/mol. The van der Waals surface area contributed by atoms with Gasteiger partial charge in [0.15, 0.2) is 0 Å². The zero-order valence-corrected chi connectivity index (χ0v) is 17.4. The van der Waals surface area contributed by atoms with Crippen LogP contribution in [0.4, 0.5) is 11.5 Å². The van der Waals surface area contributed by atoms with Gasteiger partial charge in [-0.05, 0) is 38.1 Å². The molecule has 1 atom stereocenters. The molecule has 0 unspecified atom stereocenters. The van der Waals surface area contributed by atoms with Crippen molar-refractivity contribution in [2.75, 3.05) is 17.7 Å². The second-order valence-electron chi connectivity index (χ2n) is 7.46. The largest absolute Gasteiger partial charge is 0.465 e. The minimum Gasteiger partial charge on any atom is -0.465 e. The number of esters is 1. The second-order valence-corrected chi connectivity index (χ2v) is 7.46. The third-order valence-electron chi connectivity index (χ3n) is 5.28. The molecule has 158 valence electrons. The standard InChI is InChI=1S/C23H22N4O4/c1-13-4-6-15(7-5-13)20-14(2)21-25-19(28)12-18(27(21)26-20)22(29)24-17-10-8-16(9-11-17)23(30)31-3/h4-11,18H,12H2,1-3H3,(H,24,29)(H,25,28)/t18-/m0/s1. The molecule has 1 aliphatic rings. The number of aryl methyl sites for hydroxylation is 1. The molecule has 0 spiro atoms. The Labute approximate surface area is 179 Å². The zero-order valence-electron chi connectivity index (χ0n) is 17.4. The third-order valence-corrected chi connectivity index (χ3v) is 5.28. The molecular weight excluding hydrogens is 396 g/mol. The van der Waals surface area contributed by atoms with Crippen molar-refractivity contribution < 1.29 is 19.1 Å². The third kappa shape index (κ3) is 3.92. The number of amides is 2. The van der Waals surface area contributed by atoms with Gasteiger partial charge in [0.05, 0.1) is 24.8 Å². The van der Waals surface area contributed by atoms with E-state index in [4.69, 9.17) is 0 Å². The Morgan fingerprint density at radius 2 is 1.77 bits per heavy atom. The van der Waals surface area contributed by atoms with E-state index >= 15 is 0 Å². The number of carbonyl (C=O) groups excluding carboxylic acids is 3. The number of methoxy groups -OCH3 is 1. The summed E-state index contributed by atoms with van der Waals surface area (Å²) in [7, 11) is 1.31. The summed E-state index contributed by atoms with van der Waals surface area (Å²) >= 11 is 0. The van der Waals surface area contributed by atoms with E-state index < -0.39 is 12.0 Å². The summed E-state index contributed by atoms with van der Waals surface area (Å²) < 4.78 is 6.25. The first-order valence-corrected chi connectivity index (χ1v) is 9.82. The SMILES string of the molecule is COC(=O)c1ccc(NC(=O)[C@@H]2CC(=O)Nc3c(C)c(-c4ccc(C)cc4)nn32)cc1. The molecule has 2 amide bonds. The Bertz CT molecular complexity index is 1160. The maximum absolute atomic E-state index is 13.0. The number of carbonyl (C=O) groups is 3. The smallest absolute Gasteiger partial charge is 0.337 e. The van der Waals surface area contributed by atoms with Crippen molar-refractivity contribution in [1.82, 2.24) is 9.78 Å². The van der Waals surface area contributed by atoms with Gasteiger partial charge >= 0.3 is 5.97 Å². The molecule has 0 bridgehead atoms. The number of nitrogens with zero attached hydrogens (tertiary/aromatic N) is 2. The van der Waals surface area contributed by atoms with Crippen LogP contribution in [0.5, 0.6) is 0 Å². The van der Waals surface area contributed by atoms with Gasteiger partial charge in [-0.25, -0.2) is 9.48 Å². The van der Waals surface area contributed by atoms with Crippen LogP contribution in [-0.4, -0.2) is 34.7 Å². The number of rotatable bonds is 4. The van der Waals surface area contributed by atoms with Crippen LogP contribution in [0.2, 0.25) is 0 Å². The minimum atomic E-state index is -0.790. The van der Waals surface area contributed by atoms with Gasteiger partial charge in [-0.2, -0.15) is 5.10 Å². The summed E-state index contributed by atoms with van der Waals surface area (Å²) in [6.07, 6.45) is -0.0203. The summed E-state index contributed by atoms with van der Waals surface area (Å²) in [6.45, 7) is 3.88. The number of fused-ring (bicyclic) bond motifs is 1.